The number of aromatic hydroxyl groups is 1. The molecule has 4 aliphatic heterocycles. The normalized spacial score (nSPS) is 24.9. The molecule has 0 saturated carbocycles. The number of likely N-dealkylation sites (N-methyl/N-ethyl adjacent to an activating group) is 1. The maximum atomic E-state index is 12.6. The minimum absolute atomic E-state index is 0.00646. The molecule has 1 saturated heterocycles. The van der Waals surface area contributed by atoms with E-state index in [1.165, 1.54) is 0 Å². The van der Waals surface area contributed by atoms with Gasteiger partial charge in [-0.05, 0) is 49.6 Å². The van der Waals surface area contributed by atoms with Gasteiger partial charge in [-0.15, -0.1) is 0 Å². The van der Waals surface area contributed by atoms with Crippen LogP contribution in [-0.4, -0.2) is 65.7 Å². The van der Waals surface area contributed by atoms with Crippen LogP contribution < -0.4 is 18.9 Å². The zero-order valence-electron chi connectivity index (χ0n) is 28.6. The zero-order chi connectivity index (χ0) is 34.7. The summed E-state index contributed by atoms with van der Waals surface area (Å²) < 4.78 is 31.1. The van der Waals surface area contributed by atoms with E-state index in [1.807, 2.05) is 74.6 Å². The van der Waals surface area contributed by atoms with Crippen molar-refractivity contribution in [1.82, 2.24) is 9.80 Å². The van der Waals surface area contributed by atoms with Gasteiger partial charge in [-0.1, -0.05) is 66.7 Å². The van der Waals surface area contributed by atoms with Gasteiger partial charge in [0.2, 0.25) is 6.79 Å². The molecule has 0 aromatic heterocycles. The number of benzene rings is 4. The second-order valence-corrected chi connectivity index (χ2v) is 13.6. The highest BCUT2D eigenvalue weighted by Gasteiger charge is 2.59. The molecule has 10 nitrogen and oxygen atoms in total. The molecule has 2 N–H and O–H groups in total. The molecule has 6 atom stereocenters. The summed E-state index contributed by atoms with van der Waals surface area (Å²) in [6.45, 7) is 4.63. The molecule has 8 rings (SSSR count). The van der Waals surface area contributed by atoms with Gasteiger partial charge in [0.25, 0.3) is 0 Å². The summed E-state index contributed by atoms with van der Waals surface area (Å²) in [5, 5.41) is 35.4. The summed E-state index contributed by atoms with van der Waals surface area (Å²) in [5.41, 5.74) is 6.41. The summed E-state index contributed by atoms with van der Waals surface area (Å²) >= 11 is 0. The Labute approximate surface area is 291 Å². The number of phenols is 1. The fraction of sp³-hybridized carbons (Fsp3) is 0.375. The van der Waals surface area contributed by atoms with E-state index < -0.39 is 30.3 Å². The first-order chi connectivity index (χ1) is 24.3. The van der Waals surface area contributed by atoms with Crippen LogP contribution in [0.15, 0.2) is 66.7 Å². The topological polar surface area (TPSA) is 117 Å². The molecule has 4 heterocycles. The SMILES string of the molecule is COc1c(C)cc2c(c1OCc1ccccc1)[C@@H]1[C@H]3[C@H](O)c4c(O)c(C)c5c(c4[C@H](COCc4ccccc4)N3[C@@H](C#N)[C@@H](C2)N1C)OCO5. The van der Waals surface area contributed by atoms with Gasteiger partial charge < -0.3 is 33.9 Å². The Bertz CT molecular complexity index is 1960. The van der Waals surface area contributed by atoms with Crippen molar-refractivity contribution in [1.29, 1.82) is 5.26 Å². The molecule has 0 radical (unpaired) electrons. The van der Waals surface area contributed by atoms with Crippen LogP contribution in [0.5, 0.6) is 28.7 Å². The van der Waals surface area contributed by atoms with Gasteiger partial charge in [-0.2, -0.15) is 5.26 Å². The maximum Gasteiger partial charge on any atom is 0.231 e. The van der Waals surface area contributed by atoms with Crippen LogP contribution in [0.3, 0.4) is 0 Å². The Hall–Kier alpha value is -4.79. The van der Waals surface area contributed by atoms with Crippen molar-refractivity contribution in [2.45, 2.75) is 69.8 Å². The van der Waals surface area contributed by atoms with Crippen molar-refractivity contribution in [2.75, 3.05) is 27.6 Å². The van der Waals surface area contributed by atoms with E-state index in [4.69, 9.17) is 23.7 Å². The molecule has 2 bridgehead atoms. The average Bonchev–Trinajstić information content (AvgIpc) is 3.62. The Balaban J connectivity index is 1.30. The van der Waals surface area contributed by atoms with Crippen LogP contribution >= 0.6 is 0 Å². The summed E-state index contributed by atoms with van der Waals surface area (Å²) in [6.07, 6.45) is -0.610. The second-order valence-electron chi connectivity index (χ2n) is 13.6. The smallest absolute Gasteiger partial charge is 0.231 e. The lowest BCUT2D eigenvalue weighted by molar-refractivity contribution is -0.132. The number of hydrogen-bond donors (Lipinski definition) is 2. The number of aryl methyl sites for hydroxylation is 1. The van der Waals surface area contributed by atoms with Gasteiger partial charge in [0.05, 0.1) is 44.5 Å². The Kier molecular flexibility index (Phi) is 8.32. The van der Waals surface area contributed by atoms with E-state index in [2.05, 4.69) is 21.9 Å². The van der Waals surface area contributed by atoms with Crippen molar-refractivity contribution in [2.24, 2.45) is 0 Å². The monoisotopic (exact) mass is 675 g/mol. The Morgan fingerprint density at radius 3 is 2.28 bits per heavy atom. The lowest BCUT2D eigenvalue weighted by Crippen LogP contribution is -2.69. The largest absolute Gasteiger partial charge is 0.507 e. The van der Waals surface area contributed by atoms with Crippen LogP contribution in [-0.2, 0) is 24.4 Å². The Morgan fingerprint density at radius 2 is 1.60 bits per heavy atom. The highest BCUT2D eigenvalue weighted by Crippen LogP contribution is 2.61. The zero-order valence-corrected chi connectivity index (χ0v) is 28.6. The molecular formula is C40H41N3O7. The van der Waals surface area contributed by atoms with Crippen molar-refractivity contribution in [3.8, 4) is 34.8 Å². The van der Waals surface area contributed by atoms with E-state index >= 15 is 0 Å². The molecule has 0 spiro atoms. The van der Waals surface area contributed by atoms with Gasteiger partial charge in [-0.25, -0.2) is 0 Å². The van der Waals surface area contributed by atoms with Crippen molar-refractivity contribution in [3.63, 3.8) is 0 Å². The number of aliphatic hydroxyl groups excluding tert-OH is 1. The number of ether oxygens (including phenoxy) is 5. The first-order valence-corrected chi connectivity index (χ1v) is 17.0. The fourth-order valence-corrected chi connectivity index (χ4v) is 8.73. The lowest BCUT2D eigenvalue weighted by Gasteiger charge is -2.61. The van der Waals surface area contributed by atoms with Gasteiger partial charge in [0.15, 0.2) is 23.0 Å². The third kappa shape index (κ3) is 4.99. The lowest BCUT2D eigenvalue weighted by atomic mass is 9.70. The predicted octanol–water partition coefficient (Wildman–Crippen LogP) is 5.80. The molecule has 0 unspecified atom stereocenters. The van der Waals surface area contributed by atoms with E-state index in [9.17, 15) is 15.5 Å². The quantitative estimate of drug-likeness (QED) is 0.237. The van der Waals surface area contributed by atoms with Gasteiger partial charge in [-0.3, -0.25) is 9.80 Å². The Morgan fingerprint density at radius 1 is 0.920 bits per heavy atom. The van der Waals surface area contributed by atoms with Crippen LogP contribution in [0, 0.1) is 25.2 Å². The summed E-state index contributed by atoms with van der Waals surface area (Å²) in [4.78, 5) is 4.31. The summed E-state index contributed by atoms with van der Waals surface area (Å²) in [5.74, 6) is 2.14. The third-order valence-corrected chi connectivity index (χ3v) is 10.9. The van der Waals surface area contributed by atoms with Crippen LogP contribution in [0.1, 0.15) is 62.7 Å². The molecule has 258 valence electrons. The van der Waals surface area contributed by atoms with Gasteiger partial charge >= 0.3 is 0 Å². The standard InChI is InChI=1S/C40H41N3O7/c1-22-15-26-16-27-28(17-41)43-29(20-47-18-24-11-7-5-8-12-24)31-32(35(44)23(2)38-40(31)50-21-49-38)36(45)34(43)33(42(27)3)30(26)39(37(22)46-4)48-19-25-13-9-6-10-14-25/h5-15,27-29,33-34,36,44-45H,16,18-21H2,1-4H3/t27-,28+,29+,33-,34+,36-/m1/s1. The number of aliphatic hydroxyl groups is 1. The second kappa shape index (κ2) is 12.8. The summed E-state index contributed by atoms with van der Waals surface area (Å²) in [6, 6.07) is 22.2. The average molecular weight is 676 g/mol. The molecule has 4 aliphatic rings. The fourth-order valence-electron chi connectivity index (χ4n) is 8.73. The number of rotatable bonds is 8. The number of methoxy groups -OCH3 is 1. The number of nitriles is 1. The highest BCUT2D eigenvalue weighted by molar-refractivity contribution is 5.67. The van der Waals surface area contributed by atoms with Crippen molar-refractivity contribution in [3.05, 3.63) is 111 Å². The number of fused-ring (bicyclic) bond motifs is 9. The number of hydrogen-bond acceptors (Lipinski definition) is 10. The minimum atomic E-state index is -1.20. The predicted molar refractivity (Wildman–Crippen MR) is 184 cm³/mol. The van der Waals surface area contributed by atoms with Gasteiger partial charge in [0.1, 0.15) is 24.5 Å². The van der Waals surface area contributed by atoms with Crippen LogP contribution in [0.2, 0.25) is 0 Å². The van der Waals surface area contributed by atoms with Crippen molar-refractivity contribution < 1.29 is 33.9 Å². The van der Waals surface area contributed by atoms with Crippen LogP contribution in [0.25, 0.3) is 0 Å². The minimum Gasteiger partial charge on any atom is -0.507 e. The number of piperazine rings is 1. The van der Waals surface area contributed by atoms with E-state index in [0.717, 1.165) is 27.8 Å². The van der Waals surface area contributed by atoms with Gasteiger partial charge in [0, 0.05) is 28.3 Å². The molecule has 10 heteroatoms. The molecule has 0 aliphatic carbocycles. The molecule has 4 aromatic carbocycles. The molecule has 1 fully saturated rings. The maximum absolute atomic E-state index is 12.6. The van der Waals surface area contributed by atoms with E-state index in [1.54, 1.807) is 14.0 Å². The summed E-state index contributed by atoms with van der Waals surface area (Å²) in [7, 11) is 3.66. The van der Waals surface area contributed by atoms with E-state index in [0.29, 0.717) is 59.3 Å². The molecule has 50 heavy (non-hydrogen) atoms. The number of nitrogens with zero attached hydrogens (tertiary/aromatic N) is 3. The van der Waals surface area contributed by atoms with E-state index in [-0.39, 0.29) is 25.2 Å². The first kappa shape index (κ1) is 32.4. The first-order valence-electron chi connectivity index (χ1n) is 17.0. The highest BCUT2D eigenvalue weighted by atomic mass is 16.7. The van der Waals surface area contributed by atoms with Crippen molar-refractivity contribution >= 4 is 0 Å². The molecule has 0 amide bonds. The van der Waals surface area contributed by atoms with Crippen LogP contribution in [0.4, 0.5) is 0 Å². The third-order valence-electron chi connectivity index (χ3n) is 10.9. The molecule has 4 aromatic rings. The molecular weight excluding hydrogens is 634 g/mol. The number of phenolic OH excluding ortho intramolecular Hbond substituents is 1.